The molecule has 3 aliphatic carbocycles. The van der Waals surface area contributed by atoms with Crippen molar-refractivity contribution < 1.29 is 9.59 Å². The van der Waals surface area contributed by atoms with E-state index in [4.69, 9.17) is 0 Å². The first kappa shape index (κ1) is 21.0. The highest BCUT2D eigenvalue weighted by molar-refractivity contribution is 6.26. The predicted molar refractivity (Wildman–Crippen MR) is 143 cm³/mol. The minimum atomic E-state index is -0.731. The average Bonchev–Trinajstić information content (AvgIpc) is 3.52. The zero-order valence-electron chi connectivity index (χ0n) is 19.7. The molecule has 1 saturated carbocycles. The van der Waals surface area contributed by atoms with E-state index in [1.54, 1.807) is 0 Å². The van der Waals surface area contributed by atoms with Crippen molar-refractivity contribution in [2.45, 2.75) is 5.41 Å². The molecule has 0 unspecified atom stereocenters. The van der Waals surface area contributed by atoms with Crippen molar-refractivity contribution in [2.24, 2.45) is 17.8 Å². The molecule has 36 heavy (non-hydrogen) atoms. The molecule has 1 fully saturated rings. The third-order valence-corrected chi connectivity index (χ3v) is 8.30. The fraction of sp³-hybridized carbons (Fsp3) is 0.118. The van der Waals surface area contributed by atoms with Crippen LogP contribution in [0.25, 0.3) is 16.7 Å². The second-order valence-corrected chi connectivity index (χ2v) is 9.91. The van der Waals surface area contributed by atoms with Gasteiger partial charge in [0.25, 0.3) is 0 Å². The fourth-order valence-corrected chi connectivity index (χ4v) is 7.12. The molecule has 4 atom stereocenters. The van der Waals surface area contributed by atoms with Gasteiger partial charge in [0, 0.05) is 5.41 Å². The largest absolute Gasteiger partial charge is 0.298 e. The van der Waals surface area contributed by atoms with Gasteiger partial charge in [0.2, 0.25) is 0 Å². The van der Waals surface area contributed by atoms with Gasteiger partial charge >= 0.3 is 0 Å². The highest BCUT2D eigenvalue weighted by atomic mass is 16.1. The maximum Gasteiger partial charge on any atom is 0.161 e. The number of carbonyl (C=O) groups is 2. The van der Waals surface area contributed by atoms with E-state index in [0.717, 1.165) is 39.0 Å². The number of rotatable bonds is 4. The zero-order valence-corrected chi connectivity index (χ0v) is 19.7. The smallest absolute Gasteiger partial charge is 0.161 e. The Kier molecular flexibility index (Phi) is 4.59. The van der Waals surface area contributed by atoms with Crippen LogP contribution in [0.4, 0.5) is 0 Å². The monoisotopic (exact) mass is 464 g/mol. The van der Waals surface area contributed by atoms with E-state index in [1.165, 1.54) is 0 Å². The standard InChI is InChI=1S/C34H24O2/c35-27-21-26(22-13-5-1-6-14-22)34(25-19-11-4-12-20-25)31(27)30-28(23-15-7-2-8-16-23)29(32(34)33(30)36)24-17-9-3-10-18-24/h1-21,30-32H/t30-,31-,32+,34-/m0/s1. The van der Waals surface area contributed by atoms with Crippen LogP contribution in [0.5, 0.6) is 0 Å². The highest BCUT2D eigenvalue weighted by Crippen LogP contribution is 2.71. The molecule has 172 valence electrons. The minimum absolute atomic E-state index is 0.0547. The first-order valence-corrected chi connectivity index (χ1v) is 12.5. The van der Waals surface area contributed by atoms with Crippen LogP contribution in [0.3, 0.4) is 0 Å². The summed E-state index contributed by atoms with van der Waals surface area (Å²) < 4.78 is 0. The SMILES string of the molecule is O=C1[C@H]2C(c3ccccc3)=C(c3ccccc3)[C@H]1[C@@]1(c3ccccc3)C(c3ccccc3)=CC(=O)[C@@H]21. The molecule has 4 aromatic carbocycles. The Bertz CT molecular complexity index is 1550. The van der Waals surface area contributed by atoms with Crippen LogP contribution in [-0.2, 0) is 15.0 Å². The molecule has 2 nitrogen and oxygen atoms in total. The third kappa shape index (κ3) is 2.67. The number of Topliss-reactive ketones (excluding diaryl/α,β-unsaturated/α-hetero) is 1. The molecule has 0 spiro atoms. The number of carbonyl (C=O) groups excluding carboxylic acids is 2. The maximum atomic E-state index is 14.4. The summed E-state index contributed by atoms with van der Waals surface area (Å²) in [4.78, 5) is 28.4. The molecule has 0 saturated heterocycles. The van der Waals surface area contributed by atoms with Gasteiger partial charge in [-0.3, -0.25) is 9.59 Å². The van der Waals surface area contributed by atoms with Gasteiger partial charge in [0.1, 0.15) is 5.78 Å². The van der Waals surface area contributed by atoms with Crippen molar-refractivity contribution in [3.63, 3.8) is 0 Å². The van der Waals surface area contributed by atoms with Crippen LogP contribution in [-0.4, -0.2) is 11.6 Å². The van der Waals surface area contributed by atoms with Gasteiger partial charge in [-0.15, -0.1) is 0 Å². The molecule has 2 heteroatoms. The highest BCUT2D eigenvalue weighted by Gasteiger charge is 2.72. The lowest BCUT2D eigenvalue weighted by molar-refractivity contribution is -0.124. The number of benzene rings is 4. The molecular formula is C34H24O2. The van der Waals surface area contributed by atoms with E-state index >= 15 is 0 Å². The summed E-state index contributed by atoms with van der Waals surface area (Å²) in [6.45, 7) is 0. The fourth-order valence-electron chi connectivity index (χ4n) is 7.12. The average molecular weight is 465 g/mol. The lowest BCUT2D eigenvalue weighted by Gasteiger charge is -2.43. The Morgan fingerprint density at radius 1 is 0.528 bits per heavy atom. The molecule has 7 rings (SSSR count). The Hall–Kier alpha value is -4.30. The Labute approximate surface area is 210 Å². The summed E-state index contributed by atoms with van der Waals surface area (Å²) >= 11 is 0. The van der Waals surface area contributed by atoms with Gasteiger partial charge in [0.05, 0.1) is 17.8 Å². The van der Waals surface area contributed by atoms with Crippen LogP contribution in [0, 0.1) is 17.8 Å². The Balaban J connectivity index is 1.59. The topological polar surface area (TPSA) is 34.1 Å². The van der Waals surface area contributed by atoms with Gasteiger partial charge in [-0.1, -0.05) is 121 Å². The van der Waals surface area contributed by atoms with Crippen molar-refractivity contribution >= 4 is 28.3 Å². The predicted octanol–water partition coefficient (Wildman–Crippen LogP) is 6.65. The van der Waals surface area contributed by atoms with Gasteiger partial charge in [-0.2, -0.15) is 0 Å². The lowest BCUT2D eigenvalue weighted by atomic mass is 9.57. The van der Waals surface area contributed by atoms with Crippen LogP contribution in [0.1, 0.15) is 22.3 Å². The van der Waals surface area contributed by atoms with E-state index in [2.05, 4.69) is 48.5 Å². The van der Waals surface area contributed by atoms with E-state index in [9.17, 15) is 9.59 Å². The molecule has 0 aliphatic heterocycles. The van der Waals surface area contributed by atoms with Crippen molar-refractivity contribution in [3.05, 3.63) is 150 Å². The molecular weight excluding hydrogens is 440 g/mol. The number of hydrogen-bond donors (Lipinski definition) is 0. The normalized spacial score (nSPS) is 26.3. The van der Waals surface area contributed by atoms with Gasteiger partial charge in [-0.05, 0) is 45.0 Å². The van der Waals surface area contributed by atoms with Crippen molar-refractivity contribution in [1.82, 2.24) is 0 Å². The van der Waals surface area contributed by atoms with Crippen LogP contribution in [0.15, 0.2) is 127 Å². The van der Waals surface area contributed by atoms with Crippen LogP contribution in [0.2, 0.25) is 0 Å². The van der Waals surface area contributed by atoms with Gasteiger partial charge < -0.3 is 0 Å². The molecule has 0 radical (unpaired) electrons. The summed E-state index contributed by atoms with van der Waals surface area (Å²) in [5.74, 6) is -1.14. The molecule has 4 aromatic rings. The van der Waals surface area contributed by atoms with E-state index in [0.29, 0.717) is 0 Å². The van der Waals surface area contributed by atoms with E-state index in [-0.39, 0.29) is 11.6 Å². The van der Waals surface area contributed by atoms with Crippen LogP contribution >= 0.6 is 0 Å². The zero-order chi connectivity index (χ0) is 24.3. The number of hydrogen-bond acceptors (Lipinski definition) is 2. The Morgan fingerprint density at radius 2 is 1.00 bits per heavy atom. The summed E-state index contributed by atoms with van der Waals surface area (Å²) in [6.07, 6.45) is 1.83. The first-order valence-electron chi connectivity index (χ1n) is 12.5. The number of ketones is 2. The summed E-state index contributed by atoms with van der Waals surface area (Å²) in [5.41, 5.74) is 6.44. The second kappa shape index (κ2) is 7.86. The van der Waals surface area contributed by atoms with E-state index < -0.39 is 23.2 Å². The van der Waals surface area contributed by atoms with Crippen molar-refractivity contribution in [2.75, 3.05) is 0 Å². The lowest BCUT2D eigenvalue weighted by Crippen LogP contribution is -2.42. The third-order valence-electron chi connectivity index (χ3n) is 8.30. The first-order chi connectivity index (χ1) is 17.7. The summed E-state index contributed by atoms with van der Waals surface area (Å²) in [6, 6.07) is 40.8. The van der Waals surface area contributed by atoms with Crippen LogP contribution < -0.4 is 0 Å². The molecule has 0 amide bonds. The molecule has 2 bridgehead atoms. The number of allylic oxidation sites excluding steroid dienone is 4. The molecule has 3 aliphatic rings. The van der Waals surface area contributed by atoms with Gasteiger partial charge in [-0.25, -0.2) is 0 Å². The quantitative estimate of drug-likeness (QED) is 0.339. The molecule has 0 aromatic heterocycles. The van der Waals surface area contributed by atoms with Crippen molar-refractivity contribution in [3.8, 4) is 0 Å². The number of fused-ring (bicyclic) bond motifs is 5. The van der Waals surface area contributed by atoms with E-state index in [1.807, 2.05) is 78.9 Å². The van der Waals surface area contributed by atoms with Gasteiger partial charge in [0.15, 0.2) is 5.78 Å². The summed E-state index contributed by atoms with van der Waals surface area (Å²) in [5, 5.41) is 0. The minimum Gasteiger partial charge on any atom is -0.298 e. The summed E-state index contributed by atoms with van der Waals surface area (Å²) in [7, 11) is 0. The second-order valence-electron chi connectivity index (χ2n) is 9.91. The Morgan fingerprint density at radius 3 is 1.56 bits per heavy atom. The molecule has 0 N–H and O–H groups in total. The maximum absolute atomic E-state index is 14.4. The van der Waals surface area contributed by atoms with Crippen molar-refractivity contribution in [1.29, 1.82) is 0 Å². The molecule has 0 heterocycles.